The Balaban J connectivity index is 1.88. The van der Waals surface area contributed by atoms with Crippen LogP contribution in [0.1, 0.15) is 19.4 Å². The summed E-state index contributed by atoms with van der Waals surface area (Å²) in [4.78, 5) is 14.3. The third-order valence-electron chi connectivity index (χ3n) is 4.40. The van der Waals surface area contributed by atoms with Gasteiger partial charge in [-0.25, -0.2) is 0 Å². The van der Waals surface area contributed by atoms with Crippen molar-refractivity contribution >= 4 is 34.8 Å². The van der Waals surface area contributed by atoms with Gasteiger partial charge in [-0.3, -0.25) is 4.79 Å². The second-order valence-corrected chi connectivity index (χ2v) is 7.31. The van der Waals surface area contributed by atoms with Crippen molar-refractivity contribution in [1.29, 1.82) is 0 Å². The Bertz CT molecular complexity index is 891. The van der Waals surface area contributed by atoms with E-state index in [0.717, 1.165) is 37.8 Å². The van der Waals surface area contributed by atoms with Gasteiger partial charge in [0.1, 0.15) is 18.1 Å². The van der Waals surface area contributed by atoms with Crippen molar-refractivity contribution in [2.24, 2.45) is 0 Å². The number of nitrogens with zero attached hydrogens (tertiary/aromatic N) is 1. The monoisotopic (exact) mass is 478 g/mol. The molecule has 0 saturated heterocycles. The highest BCUT2D eigenvalue weighted by Gasteiger charge is 2.31. The number of benzene rings is 2. The maximum atomic E-state index is 12.7. The molecule has 0 aliphatic heterocycles. The van der Waals surface area contributed by atoms with Crippen molar-refractivity contribution in [2.45, 2.75) is 20.0 Å². The van der Waals surface area contributed by atoms with E-state index in [9.17, 15) is 18.0 Å². The molecule has 0 atom stereocenters. The predicted octanol–water partition coefficient (Wildman–Crippen LogP) is 5.75. The van der Waals surface area contributed by atoms with Crippen molar-refractivity contribution < 1.29 is 27.4 Å². The van der Waals surface area contributed by atoms with Gasteiger partial charge in [-0.05, 0) is 43.4 Å². The smallest absolute Gasteiger partial charge is 0.416 e. The van der Waals surface area contributed by atoms with Crippen LogP contribution in [-0.4, -0.2) is 43.7 Å². The fraction of sp³-hybridized carbons (Fsp3) is 0.381. The van der Waals surface area contributed by atoms with Crippen molar-refractivity contribution in [3.63, 3.8) is 0 Å². The summed E-state index contributed by atoms with van der Waals surface area (Å²) in [6.07, 6.45) is -4.52. The summed E-state index contributed by atoms with van der Waals surface area (Å²) in [7, 11) is 0. The Morgan fingerprint density at radius 3 is 2.32 bits per heavy atom. The van der Waals surface area contributed by atoms with Crippen LogP contribution in [0.4, 0.5) is 18.9 Å². The molecule has 0 aliphatic carbocycles. The van der Waals surface area contributed by atoms with Crippen molar-refractivity contribution in [3.05, 3.63) is 52.0 Å². The highest BCUT2D eigenvalue weighted by atomic mass is 35.5. The normalized spacial score (nSPS) is 11.5. The Kier molecular flexibility index (Phi) is 9.28. The Labute approximate surface area is 189 Å². The van der Waals surface area contributed by atoms with Crippen LogP contribution in [-0.2, 0) is 11.0 Å². The minimum atomic E-state index is -4.52. The number of alkyl halides is 3. The molecule has 1 amide bonds. The third-order valence-corrected chi connectivity index (χ3v) is 5.01. The van der Waals surface area contributed by atoms with E-state index in [-0.39, 0.29) is 15.8 Å². The van der Waals surface area contributed by atoms with Crippen LogP contribution in [0.2, 0.25) is 10.0 Å². The van der Waals surface area contributed by atoms with Crippen LogP contribution in [0.15, 0.2) is 36.4 Å². The van der Waals surface area contributed by atoms with E-state index >= 15 is 0 Å². The van der Waals surface area contributed by atoms with E-state index in [1.807, 2.05) is 0 Å². The van der Waals surface area contributed by atoms with E-state index in [0.29, 0.717) is 18.0 Å². The highest BCUT2D eigenvalue weighted by Crippen LogP contribution is 2.34. The fourth-order valence-corrected chi connectivity index (χ4v) is 3.10. The number of amides is 1. The Hall–Kier alpha value is -2.16. The van der Waals surface area contributed by atoms with Crippen molar-refractivity contribution in [3.8, 4) is 11.5 Å². The van der Waals surface area contributed by atoms with Gasteiger partial charge in [0.2, 0.25) is 0 Å². The summed E-state index contributed by atoms with van der Waals surface area (Å²) >= 11 is 12.0. The lowest BCUT2D eigenvalue weighted by atomic mass is 10.2. The molecule has 0 heterocycles. The summed E-state index contributed by atoms with van der Waals surface area (Å²) in [5.74, 6) is -0.0103. The molecule has 1 N–H and O–H groups in total. The molecule has 0 radical (unpaired) electrons. The first-order chi connectivity index (χ1) is 14.6. The van der Waals surface area contributed by atoms with Gasteiger partial charge in [-0.1, -0.05) is 37.0 Å². The molecule has 2 rings (SSSR count). The van der Waals surface area contributed by atoms with Gasteiger partial charge in [0, 0.05) is 12.6 Å². The van der Waals surface area contributed by atoms with Gasteiger partial charge < -0.3 is 19.7 Å². The number of carbonyl (C=O) groups excluding carboxylic acids is 1. The van der Waals surface area contributed by atoms with Crippen LogP contribution in [0.5, 0.6) is 11.5 Å². The average Bonchev–Trinajstić information content (AvgIpc) is 2.71. The lowest BCUT2D eigenvalue weighted by molar-refractivity contribution is -0.137. The number of hydrogen-bond donors (Lipinski definition) is 1. The van der Waals surface area contributed by atoms with Crippen LogP contribution in [0.25, 0.3) is 0 Å². The topological polar surface area (TPSA) is 50.8 Å². The summed E-state index contributed by atoms with van der Waals surface area (Å²) in [6, 6.07) is 7.50. The molecule has 170 valence electrons. The minimum absolute atomic E-state index is 0.0344. The Morgan fingerprint density at radius 1 is 1.03 bits per heavy atom. The number of rotatable bonds is 10. The van der Waals surface area contributed by atoms with E-state index in [2.05, 4.69) is 24.1 Å². The zero-order valence-corrected chi connectivity index (χ0v) is 18.6. The van der Waals surface area contributed by atoms with E-state index in [4.69, 9.17) is 32.7 Å². The molecule has 0 aliphatic rings. The summed E-state index contributed by atoms with van der Waals surface area (Å²) < 4.78 is 48.9. The predicted molar refractivity (Wildman–Crippen MR) is 115 cm³/mol. The largest absolute Gasteiger partial charge is 0.492 e. The minimum Gasteiger partial charge on any atom is -0.492 e. The first-order valence-electron chi connectivity index (χ1n) is 9.58. The second kappa shape index (κ2) is 11.5. The number of anilines is 1. The van der Waals surface area contributed by atoms with Gasteiger partial charge in [0.05, 0.1) is 21.3 Å². The summed E-state index contributed by atoms with van der Waals surface area (Å²) in [6.45, 7) is 6.86. The molecule has 2 aromatic carbocycles. The summed E-state index contributed by atoms with van der Waals surface area (Å²) in [5.41, 5.74) is -0.551. The number of nitrogens with one attached hydrogen (secondary N) is 1. The SMILES string of the molecule is CCN(CC)CCOc1ccc(NC(=O)COc2ccc(C(F)(F)F)cc2Cl)c(Cl)c1. The number of hydrogen-bond acceptors (Lipinski definition) is 4. The van der Waals surface area contributed by atoms with Crippen LogP contribution < -0.4 is 14.8 Å². The number of ether oxygens (including phenoxy) is 2. The lowest BCUT2D eigenvalue weighted by Crippen LogP contribution is -2.27. The first kappa shape index (κ1) is 25.1. The molecular weight excluding hydrogens is 456 g/mol. The van der Waals surface area contributed by atoms with E-state index in [1.165, 1.54) is 0 Å². The highest BCUT2D eigenvalue weighted by molar-refractivity contribution is 6.34. The van der Waals surface area contributed by atoms with Gasteiger partial charge in [-0.2, -0.15) is 13.2 Å². The maximum Gasteiger partial charge on any atom is 0.416 e. The van der Waals surface area contributed by atoms with Crippen molar-refractivity contribution in [1.82, 2.24) is 4.90 Å². The zero-order valence-electron chi connectivity index (χ0n) is 17.1. The second-order valence-electron chi connectivity index (χ2n) is 6.50. The lowest BCUT2D eigenvalue weighted by Gasteiger charge is -2.18. The molecule has 0 fully saturated rings. The van der Waals surface area contributed by atoms with E-state index in [1.54, 1.807) is 18.2 Å². The Morgan fingerprint density at radius 2 is 1.74 bits per heavy atom. The molecule has 0 unspecified atom stereocenters. The van der Waals surface area contributed by atoms with Gasteiger partial charge in [-0.15, -0.1) is 0 Å². The molecular formula is C21H23Cl2F3N2O3. The van der Waals surface area contributed by atoms with E-state index < -0.39 is 24.3 Å². The average molecular weight is 479 g/mol. The van der Waals surface area contributed by atoms with Crippen LogP contribution in [0.3, 0.4) is 0 Å². The van der Waals surface area contributed by atoms with Crippen molar-refractivity contribution in [2.75, 3.05) is 38.2 Å². The molecule has 0 aromatic heterocycles. The van der Waals surface area contributed by atoms with Gasteiger partial charge in [0.15, 0.2) is 6.61 Å². The number of halogens is 5. The maximum absolute atomic E-state index is 12.7. The van der Waals surface area contributed by atoms with Crippen LogP contribution in [0, 0.1) is 0 Å². The van der Waals surface area contributed by atoms with Gasteiger partial charge >= 0.3 is 6.18 Å². The standard InChI is InChI=1S/C21H23Cl2F3N2O3/c1-3-28(4-2)9-10-30-15-6-7-18(16(22)12-15)27-20(29)13-31-19-8-5-14(11-17(19)23)21(24,25)26/h5-8,11-12H,3-4,9-10,13H2,1-2H3,(H,27,29). The quantitative estimate of drug-likeness (QED) is 0.472. The summed E-state index contributed by atoms with van der Waals surface area (Å²) in [5, 5.41) is 2.61. The fourth-order valence-electron chi connectivity index (χ4n) is 2.64. The molecule has 31 heavy (non-hydrogen) atoms. The van der Waals surface area contributed by atoms with Crippen LogP contribution >= 0.6 is 23.2 Å². The molecule has 2 aromatic rings. The zero-order chi connectivity index (χ0) is 23.0. The third kappa shape index (κ3) is 7.79. The molecule has 10 heteroatoms. The number of likely N-dealkylation sites (N-methyl/N-ethyl adjacent to an activating group) is 1. The number of carbonyl (C=O) groups is 1. The first-order valence-corrected chi connectivity index (χ1v) is 10.3. The molecule has 0 bridgehead atoms. The molecule has 0 saturated carbocycles. The molecule has 0 spiro atoms. The van der Waals surface area contributed by atoms with Gasteiger partial charge in [0.25, 0.3) is 5.91 Å². The molecule has 5 nitrogen and oxygen atoms in total.